The number of hydrogen-bond acceptors (Lipinski definition) is 7. The van der Waals surface area contributed by atoms with Crippen LogP contribution in [0.5, 0.6) is 0 Å². The van der Waals surface area contributed by atoms with Gasteiger partial charge in [0.1, 0.15) is 5.82 Å². The van der Waals surface area contributed by atoms with Gasteiger partial charge in [-0.3, -0.25) is 0 Å². The highest BCUT2D eigenvalue weighted by Gasteiger charge is 2.22. The fourth-order valence-corrected chi connectivity index (χ4v) is 2.13. The van der Waals surface area contributed by atoms with Gasteiger partial charge < -0.3 is 25.6 Å². The summed E-state index contributed by atoms with van der Waals surface area (Å²) in [6, 6.07) is 1.87. The Labute approximate surface area is 124 Å². The molecule has 0 atom stereocenters. The van der Waals surface area contributed by atoms with Gasteiger partial charge in [0, 0.05) is 45.5 Å². The number of piperazine rings is 1. The molecule has 0 radical (unpaired) electrons. The van der Waals surface area contributed by atoms with Gasteiger partial charge in [0.05, 0.1) is 6.61 Å². The Bertz CT molecular complexity index is 462. The number of carbonyl (C=O) groups is 1. The predicted octanol–water partition coefficient (Wildman–Crippen LogP) is 0.126. The van der Waals surface area contributed by atoms with Crippen molar-refractivity contribution in [3.8, 4) is 0 Å². The van der Waals surface area contributed by atoms with Crippen LogP contribution in [-0.4, -0.2) is 66.8 Å². The number of carbonyl (C=O) groups excluding carboxylic acids is 1. The third-order valence-corrected chi connectivity index (χ3v) is 3.20. The summed E-state index contributed by atoms with van der Waals surface area (Å²) in [7, 11) is 0. The van der Waals surface area contributed by atoms with Gasteiger partial charge >= 0.3 is 6.09 Å². The van der Waals surface area contributed by atoms with Gasteiger partial charge in [-0.2, -0.15) is 4.98 Å². The molecule has 21 heavy (non-hydrogen) atoms. The van der Waals surface area contributed by atoms with E-state index in [2.05, 4.69) is 20.2 Å². The van der Waals surface area contributed by atoms with Gasteiger partial charge in [-0.25, -0.2) is 9.78 Å². The van der Waals surface area contributed by atoms with E-state index in [1.807, 2.05) is 13.0 Å². The van der Waals surface area contributed by atoms with Crippen molar-refractivity contribution in [2.45, 2.75) is 6.92 Å². The summed E-state index contributed by atoms with van der Waals surface area (Å²) >= 11 is 0. The second-order valence-electron chi connectivity index (χ2n) is 4.63. The topological polar surface area (TPSA) is 96.6 Å². The van der Waals surface area contributed by atoms with Crippen LogP contribution < -0.4 is 16.0 Å². The minimum atomic E-state index is -0.245. The highest BCUT2D eigenvalue weighted by Crippen LogP contribution is 2.15. The van der Waals surface area contributed by atoms with Gasteiger partial charge in [-0.1, -0.05) is 0 Å². The lowest BCUT2D eigenvalue weighted by atomic mass is 10.3. The maximum absolute atomic E-state index is 11.7. The third kappa shape index (κ3) is 4.19. The fourth-order valence-electron chi connectivity index (χ4n) is 2.13. The molecule has 1 aromatic rings. The molecule has 8 heteroatoms. The third-order valence-electron chi connectivity index (χ3n) is 3.20. The molecule has 2 heterocycles. The van der Waals surface area contributed by atoms with Crippen molar-refractivity contribution in [1.29, 1.82) is 0 Å². The highest BCUT2D eigenvalue weighted by molar-refractivity contribution is 5.68. The lowest BCUT2D eigenvalue weighted by Crippen LogP contribution is -2.49. The van der Waals surface area contributed by atoms with E-state index in [9.17, 15) is 4.79 Å². The second-order valence-corrected chi connectivity index (χ2v) is 4.63. The summed E-state index contributed by atoms with van der Waals surface area (Å²) in [6.07, 6.45) is 1.48. The van der Waals surface area contributed by atoms with Gasteiger partial charge in [0.25, 0.3) is 0 Å². The molecular weight excluding hydrogens is 272 g/mol. The fraction of sp³-hybridized carbons (Fsp3) is 0.615. The van der Waals surface area contributed by atoms with Crippen LogP contribution in [0.15, 0.2) is 12.3 Å². The molecule has 1 aromatic heterocycles. The van der Waals surface area contributed by atoms with Crippen molar-refractivity contribution >= 4 is 17.9 Å². The summed E-state index contributed by atoms with van der Waals surface area (Å²) in [5.41, 5.74) is 5.45. The molecule has 1 amide bonds. The molecule has 2 rings (SSSR count). The number of nitrogens with zero attached hydrogens (tertiary/aromatic N) is 4. The first-order chi connectivity index (χ1) is 10.2. The summed E-state index contributed by atoms with van der Waals surface area (Å²) < 4.78 is 5.01. The molecule has 0 aromatic carbocycles. The molecule has 116 valence electrons. The molecule has 0 spiro atoms. The Kier molecular flexibility index (Phi) is 5.56. The maximum atomic E-state index is 11.7. The number of ether oxygens (including phenoxy) is 1. The zero-order valence-corrected chi connectivity index (χ0v) is 12.3. The number of aromatic nitrogens is 2. The normalized spacial score (nSPS) is 15.0. The van der Waals surface area contributed by atoms with Gasteiger partial charge in [0.2, 0.25) is 5.95 Å². The van der Waals surface area contributed by atoms with Crippen molar-refractivity contribution in [3.05, 3.63) is 12.3 Å². The van der Waals surface area contributed by atoms with Crippen LogP contribution in [0, 0.1) is 0 Å². The summed E-state index contributed by atoms with van der Waals surface area (Å²) in [4.78, 5) is 24.1. The summed E-state index contributed by atoms with van der Waals surface area (Å²) in [5, 5.41) is 3.06. The van der Waals surface area contributed by atoms with Crippen molar-refractivity contribution in [3.63, 3.8) is 0 Å². The van der Waals surface area contributed by atoms with Crippen LogP contribution >= 0.6 is 0 Å². The molecule has 0 unspecified atom stereocenters. The molecule has 1 aliphatic heterocycles. The SMILES string of the molecule is CCOC(=O)N1CCN(c2ccnc(NCCN)n2)CC1. The van der Waals surface area contributed by atoms with E-state index in [4.69, 9.17) is 10.5 Å². The molecule has 1 fully saturated rings. The first-order valence-corrected chi connectivity index (χ1v) is 7.18. The second kappa shape index (κ2) is 7.63. The number of nitrogens with one attached hydrogen (secondary N) is 1. The zero-order valence-electron chi connectivity index (χ0n) is 12.3. The van der Waals surface area contributed by atoms with Crippen LogP contribution in [0.1, 0.15) is 6.92 Å². The first kappa shape index (κ1) is 15.3. The molecule has 8 nitrogen and oxygen atoms in total. The van der Waals surface area contributed by atoms with Crippen molar-refractivity contribution in [2.24, 2.45) is 5.73 Å². The minimum Gasteiger partial charge on any atom is -0.450 e. The van der Waals surface area contributed by atoms with E-state index >= 15 is 0 Å². The number of anilines is 2. The van der Waals surface area contributed by atoms with Gasteiger partial charge in [0.15, 0.2) is 0 Å². The molecule has 0 bridgehead atoms. The molecular formula is C13H22N6O2. The monoisotopic (exact) mass is 294 g/mol. The first-order valence-electron chi connectivity index (χ1n) is 7.18. The Balaban J connectivity index is 1.91. The largest absolute Gasteiger partial charge is 0.450 e. The van der Waals surface area contributed by atoms with E-state index < -0.39 is 0 Å². The lowest BCUT2D eigenvalue weighted by molar-refractivity contribution is 0.105. The quantitative estimate of drug-likeness (QED) is 0.796. The molecule has 0 saturated carbocycles. The average Bonchev–Trinajstić information content (AvgIpc) is 2.53. The van der Waals surface area contributed by atoms with Crippen LogP contribution in [-0.2, 0) is 4.74 Å². The number of nitrogens with two attached hydrogens (primary N) is 1. The van der Waals surface area contributed by atoms with E-state index in [1.54, 1.807) is 11.1 Å². The summed E-state index contributed by atoms with van der Waals surface area (Å²) in [5.74, 6) is 1.43. The van der Waals surface area contributed by atoms with Crippen LogP contribution in [0.4, 0.5) is 16.6 Å². The predicted molar refractivity (Wildman–Crippen MR) is 80.4 cm³/mol. The lowest BCUT2D eigenvalue weighted by Gasteiger charge is -2.34. The number of amides is 1. The van der Waals surface area contributed by atoms with Crippen molar-refractivity contribution < 1.29 is 9.53 Å². The van der Waals surface area contributed by atoms with E-state index in [-0.39, 0.29) is 6.09 Å². The average molecular weight is 294 g/mol. The maximum Gasteiger partial charge on any atom is 0.409 e. The molecule has 1 saturated heterocycles. The van der Waals surface area contributed by atoms with Crippen LogP contribution in [0.25, 0.3) is 0 Å². The molecule has 0 aliphatic carbocycles. The number of rotatable bonds is 5. The Morgan fingerprint density at radius 1 is 1.43 bits per heavy atom. The van der Waals surface area contributed by atoms with E-state index in [1.165, 1.54) is 0 Å². The van der Waals surface area contributed by atoms with Crippen molar-refractivity contribution in [1.82, 2.24) is 14.9 Å². The number of hydrogen-bond donors (Lipinski definition) is 2. The smallest absolute Gasteiger partial charge is 0.409 e. The molecule has 3 N–H and O–H groups in total. The Morgan fingerprint density at radius 3 is 2.86 bits per heavy atom. The van der Waals surface area contributed by atoms with Gasteiger partial charge in [-0.05, 0) is 13.0 Å². The highest BCUT2D eigenvalue weighted by atomic mass is 16.6. The standard InChI is InChI=1S/C13H22N6O2/c1-2-21-13(20)19-9-7-18(8-10-19)11-3-5-15-12(17-11)16-6-4-14/h3,5H,2,4,6-10,14H2,1H3,(H,15,16,17). The minimum absolute atomic E-state index is 0.245. The Hall–Kier alpha value is -2.09. The van der Waals surface area contributed by atoms with Crippen LogP contribution in [0.3, 0.4) is 0 Å². The molecule has 1 aliphatic rings. The van der Waals surface area contributed by atoms with Crippen LogP contribution in [0.2, 0.25) is 0 Å². The van der Waals surface area contributed by atoms with Gasteiger partial charge in [-0.15, -0.1) is 0 Å². The van der Waals surface area contributed by atoms with E-state index in [0.29, 0.717) is 38.7 Å². The van der Waals surface area contributed by atoms with E-state index in [0.717, 1.165) is 18.9 Å². The zero-order chi connectivity index (χ0) is 15.1. The van der Waals surface area contributed by atoms with Crippen molar-refractivity contribution in [2.75, 3.05) is 56.1 Å². The summed E-state index contributed by atoms with van der Waals surface area (Å²) in [6.45, 7) is 6.11. The Morgan fingerprint density at radius 2 is 2.19 bits per heavy atom.